The van der Waals surface area contributed by atoms with Crippen molar-refractivity contribution < 1.29 is 29.2 Å². The summed E-state index contributed by atoms with van der Waals surface area (Å²) < 4.78 is 23.3. The molecule has 0 amide bonds. The van der Waals surface area contributed by atoms with E-state index in [1.807, 2.05) is 74.5 Å². The lowest BCUT2D eigenvalue weighted by molar-refractivity contribution is -0.186. The first-order valence-electron chi connectivity index (χ1n) is 11.7. The van der Waals surface area contributed by atoms with Gasteiger partial charge in [-0.3, -0.25) is 0 Å². The second-order valence-corrected chi connectivity index (χ2v) is 9.19. The van der Waals surface area contributed by atoms with Gasteiger partial charge in [-0.25, -0.2) is 0 Å². The first-order chi connectivity index (χ1) is 16.0. The van der Waals surface area contributed by atoms with E-state index in [2.05, 4.69) is 0 Å². The van der Waals surface area contributed by atoms with Crippen LogP contribution in [0.15, 0.2) is 60.7 Å². The summed E-state index contributed by atoms with van der Waals surface area (Å²) in [6, 6.07) is 19.9. The first kappa shape index (κ1) is 25.8. The maximum absolute atomic E-state index is 12.0. The molecule has 6 heteroatoms. The minimum atomic E-state index is -1.25. The number of methoxy groups -OCH3 is 1. The first-order valence-corrected chi connectivity index (χ1v) is 11.7. The molecule has 0 bridgehead atoms. The van der Waals surface area contributed by atoms with E-state index in [1.54, 1.807) is 7.11 Å². The zero-order valence-electron chi connectivity index (χ0n) is 19.9. The molecule has 0 saturated heterocycles. The van der Waals surface area contributed by atoms with Crippen LogP contribution in [0, 0.1) is 17.8 Å². The van der Waals surface area contributed by atoms with Crippen LogP contribution in [-0.2, 0) is 32.2 Å². The summed E-state index contributed by atoms with van der Waals surface area (Å²) in [6.45, 7) is 5.27. The zero-order valence-corrected chi connectivity index (χ0v) is 19.9. The topological polar surface area (TPSA) is 77.4 Å². The molecular weight excluding hydrogens is 420 g/mol. The van der Waals surface area contributed by atoms with Crippen molar-refractivity contribution >= 4 is 0 Å². The van der Waals surface area contributed by atoms with Crippen molar-refractivity contribution in [1.82, 2.24) is 0 Å². The standard InChI is InChI=1S/C27H38O6/c1-20-14-27(29,24(15-28)25(20)33-19-30-3)26(32-18-23-12-8-5-9-13-23)21(2)16-31-17-22-10-6-4-7-11-22/h4-13,20-21,24-26,28-29H,14-19H2,1-3H3/t20-,21-,24-,25-,26-,27+/m0/s1. The molecule has 2 aromatic carbocycles. The fourth-order valence-electron chi connectivity index (χ4n) is 5.07. The zero-order chi connectivity index (χ0) is 23.7. The lowest BCUT2D eigenvalue weighted by atomic mass is 9.79. The van der Waals surface area contributed by atoms with Crippen molar-refractivity contribution in [2.45, 2.75) is 51.3 Å². The Balaban J connectivity index is 1.75. The number of rotatable bonds is 13. The quantitative estimate of drug-likeness (QED) is 0.445. The Kier molecular flexibility index (Phi) is 9.86. The SMILES string of the molecule is COCO[C@H]1[C@@H](C)C[C@](O)([C@@H](OCc2ccccc2)[C@@H](C)COCc2ccccc2)[C@H]1CO. The fourth-order valence-corrected chi connectivity index (χ4v) is 5.07. The molecule has 0 unspecified atom stereocenters. The van der Waals surface area contributed by atoms with E-state index in [0.717, 1.165) is 11.1 Å². The van der Waals surface area contributed by atoms with E-state index < -0.39 is 17.6 Å². The minimum Gasteiger partial charge on any atom is -0.396 e. The van der Waals surface area contributed by atoms with Crippen LogP contribution in [0.4, 0.5) is 0 Å². The molecule has 0 radical (unpaired) electrons. The van der Waals surface area contributed by atoms with Crippen molar-refractivity contribution in [3.63, 3.8) is 0 Å². The molecule has 33 heavy (non-hydrogen) atoms. The fraction of sp³-hybridized carbons (Fsp3) is 0.556. The second kappa shape index (κ2) is 12.6. The van der Waals surface area contributed by atoms with E-state index in [-0.39, 0.29) is 31.3 Å². The van der Waals surface area contributed by atoms with Gasteiger partial charge in [0.1, 0.15) is 6.79 Å². The highest BCUT2D eigenvalue weighted by atomic mass is 16.7. The van der Waals surface area contributed by atoms with Crippen molar-refractivity contribution in [2.24, 2.45) is 17.8 Å². The minimum absolute atomic E-state index is 0.0440. The lowest BCUT2D eigenvalue weighted by Gasteiger charge is -2.41. The number of hydrogen-bond donors (Lipinski definition) is 2. The molecule has 2 aromatic rings. The molecule has 1 aliphatic rings. The Hall–Kier alpha value is -1.80. The van der Waals surface area contributed by atoms with Gasteiger partial charge in [-0.05, 0) is 23.5 Å². The van der Waals surface area contributed by atoms with Gasteiger partial charge < -0.3 is 29.2 Å². The summed E-state index contributed by atoms with van der Waals surface area (Å²) in [6.07, 6.45) is -0.390. The van der Waals surface area contributed by atoms with Gasteiger partial charge in [0.2, 0.25) is 0 Å². The summed E-state index contributed by atoms with van der Waals surface area (Å²) >= 11 is 0. The molecule has 182 valence electrons. The molecule has 0 heterocycles. The molecule has 0 aliphatic heterocycles. The molecular formula is C27H38O6. The van der Waals surface area contributed by atoms with Crippen molar-refractivity contribution in [2.75, 3.05) is 27.1 Å². The Morgan fingerprint density at radius 3 is 2.18 bits per heavy atom. The number of benzene rings is 2. The van der Waals surface area contributed by atoms with Crippen LogP contribution >= 0.6 is 0 Å². The van der Waals surface area contributed by atoms with Crippen LogP contribution in [0.1, 0.15) is 31.4 Å². The molecule has 1 saturated carbocycles. The Morgan fingerprint density at radius 2 is 1.61 bits per heavy atom. The smallest absolute Gasteiger partial charge is 0.146 e. The third-order valence-corrected chi connectivity index (χ3v) is 6.60. The van der Waals surface area contributed by atoms with E-state index in [9.17, 15) is 10.2 Å². The van der Waals surface area contributed by atoms with Gasteiger partial charge >= 0.3 is 0 Å². The van der Waals surface area contributed by atoms with Gasteiger partial charge in [-0.1, -0.05) is 74.5 Å². The summed E-state index contributed by atoms with van der Waals surface area (Å²) in [5.74, 6) is -0.549. The lowest BCUT2D eigenvalue weighted by Crippen LogP contribution is -2.54. The molecule has 6 atom stereocenters. The number of ether oxygens (including phenoxy) is 4. The number of aliphatic hydroxyl groups excluding tert-OH is 1. The highest BCUT2D eigenvalue weighted by Crippen LogP contribution is 2.46. The monoisotopic (exact) mass is 458 g/mol. The van der Waals surface area contributed by atoms with E-state index >= 15 is 0 Å². The van der Waals surface area contributed by atoms with Crippen molar-refractivity contribution in [3.8, 4) is 0 Å². The maximum atomic E-state index is 12.0. The van der Waals surface area contributed by atoms with Crippen LogP contribution in [0.2, 0.25) is 0 Å². The molecule has 1 aliphatic carbocycles. The van der Waals surface area contributed by atoms with E-state index in [1.165, 1.54) is 0 Å². The normalized spacial score (nSPS) is 26.9. The summed E-state index contributed by atoms with van der Waals surface area (Å²) in [5.41, 5.74) is 0.875. The highest BCUT2D eigenvalue weighted by molar-refractivity contribution is 5.15. The van der Waals surface area contributed by atoms with Crippen LogP contribution in [-0.4, -0.2) is 55.1 Å². The van der Waals surface area contributed by atoms with Gasteiger partial charge in [0.25, 0.3) is 0 Å². The largest absolute Gasteiger partial charge is 0.396 e. The van der Waals surface area contributed by atoms with Gasteiger partial charge in [0, 0.05) is 18.9 Å². The molecule has 0 spiro atoms. The summed E-state index contributed by atoms with van der Waals surface area (Å²) in [5, 5.41) is 22.2. The Labute approximate surface area is 197 Å². The molecule has 2 N–H and O–H groups in total. The average molecular weight is 459 g/mol. The Bertz CT molecular complexity index is 801. The van der Waals surface area contributed by atoms with Gasteiger partial charge in [0.15, 0.2) is 0 Å². The summed E-state index contributed by atoms with van der Waals surface area (Å²) in [7, 11) is 1.57. The third kappa shape index (κ3) is 6.63. The van der Waals surface area contributed by atoms with E-state index in [0.29, 0.717) is 26.2 Å². The molecule has 6 nitrogen and oxygen atoms in total. The third-order valence-electron chi connectivity index (χ3n) is 6.60. The predicted molar refractivity (Wildman–Crippen MR) is 126 cm³/mol. The van der Waals surface area contributed by atoms with Crippen molar-refractivity contribution in [1.29, 1.82) is 0 Å². The number of hydrogen-bond acceptors (Lipinski definition) is 6. The molecule has 3 rings (SSSR count). The van der Waals surface area contributed by atoms with Crippen LogP contribution in [0.3, 0.4) is 0 Å². The van der Waals surface area contributed by atoms with Crippen LogP contribution < -0.4 is 0 Å². The van der Waals surface area contributed by atoms with Crippen molar-refractivity contribution in [3.05, 3.63) is 71.8 Å². The van der Waals surface area contributed by atoms with Gasteiger partial charge in [0.05, 0.1) is 44.2 Å². The second-order valence-electron chi connectivity index (χ2n) is 9.19. The molecule has 1 fully saturated rings. The maximum Gasteiger partial charge on any atom is 0.146 e. The highest BCUT2D eigenvalue weighted by Gasteiger charge is 2.57. The predicted octanol–water partition coefficient (Wildman–Crippen LogP) is 3.79. The number of aliphatic hydroxyl groups is 2. The Morgan fingerprint density at radius 1 is 1.00 bits per heavy atom. The van der Waals surface area contributed by atoms with Crippen LogP contribution in [0.5, 0.6) is 0 Å². The van der Waals surface area contributed by atoms with Crippen LogP contribution in [0.25, 0.3) is 0 Å². The van der Waals surface area contributed by atoms with Gasteiger partial charge in [-0.2, -0.15) is 0 Å². The van der Waals surface area contributed by atoms with Gasteiger partial charge in [-0.15, -0.1) is 0 Å². The average Bonchev–Trinajstić information content (AvgIpc) is 3.08. The van der Waals surface area contributed by atoms with E-state index in [4.69, 9.17) is 18.9 Å². The summed E-state index contributed by atoms with van der Waals surface area (Å²) in [4.78, 5) is 0. The molecule has 0 aromatic heterocycles.